The van der Waals surface area contributed by atoms with E-state index in [2.05, 4.69) is 10.3 Å². The molecule has 0 radical (unpaired) electrons. The van der Waals surface area contributed by atoms with Gasteiger partial charge in [-0.3, -0.25) is 9.59 Å². The topological polar surface area (TPSA) is 154 Å². The van der Waals surface area contributed by atoms with Gasteiger partial charge in [0, 0.05) is 37.7 Å². The smallest absolute Gasteiger partial charge is 0.408 e. The van der Waals surface area contributed by atoms with Gasteiger partial charge in [0.2, 0.25) is 0 Å². The van der Waals surface area contributed by atoms with Crippen molar-refractivity contribution in [3.63, 3.8) is 0 Å². The summed E-state index contributed by atoms with van der Waals surface area (Å²) in [4.78, 5) is 58.2. The molecule has 1 aromatic heterocycles. The molecule has 0 aliphatic rings. The lowest BCUT2D eigenvalue weighted by Gasteiger charge is -2.21. The molecule has 0 spiro atoms. The number of rotatable bonds is 12. The molecule has 0 fully saturated rings. The van der Waals surface area contributed by atoms with E-state index >= 15 is 0 Å². The minimum Gasteiger partial charge on any atom is -0.460 e. The van der Waals surface area contributed by atoms with Gasteiger partial charge in [-0.1, -0.05) is 60.7 Å². The Kier molecular flexibility index (Phi) is 10.8. The van der Waals surface area contributed by atoms with Crippen LogP contribution in [-0.2, 0) is 27.3 Å². The highest BCUT2D eigenvalue weighted by Crippen LogP contribution is 2.28. The average Bonchev–Trinajstić information content (AvgIpc) is 3.01. The fourth-order valence-corrected chi connectivity index (χ4v) is 4.89. The zero-order chi connectivity index (χ0) is 33.4. The second-order valence-electron chi connectivity index (χ2n) is 12.1. The highest BCUT2D eigenvalue weighted by Gasteiger charge is 2.28. The van der Waals surface area contributed by atoms with Crippen molar-refractivity contribution in [2.45, 2.75) is 65.2 Å². The van der Waals surface area contributed by atoms with Crippen LogP contribution in [0.3, 0.4) is 0 Å². The van der Waals surface area contributed by atoms with E-state index in [0.717, 1.165) is 11.1 Å². The lowest BCUT2D eigenvalue weighted by atomic mass is 9.94. The maximum atomic E-state index is 14.0. The van der Waals surface area contributed by atoms with Crippen LogP contribution in [0.4, 0.5) is 16.5 Å². The Bertz CT molecular complexity index is 1750. The Labute approximate surface area is 267 Å². The summed E-state index contributed by atoms with van der Waals surface area (Å²) >= 11 is 0. The van der Waals surface area contributed by atoms with Crippen LogP contribution in [0.2, 0.25) is 0 Å². The third kappa shape index (κ3) is 8.93. The van der Waals surface area contributed by atoms with Gasteiger partial charge in [-0.15, -0.1) is 0 Å². The summed E-state index contributed by atoms with van der Waals surface area (Å²) in [5, 5.41) is 2.85. The van der Waals surface area contributed by atoms with E-state index < -0.39 is 29.1 Å². The quantitative estimate of drug-likeness (QED) is 0.119. The van der Waals surface area contributed by atoms with Gasteiger partial charge in [0.25, 0.3) is 6.01 Å². The average molecular weight is 629 g/mol. The third-order valence-corrected chi connectivity index (χ3v) is 7.20. The second kappa shape index (κ2) is 14.7. The molecule has 3 N–H and O–H groups in total. The minimum atomic E-state index is -1.03. The zero-order valence-electron chi connectivity index (χ0n) is 26.8. The number of carbonyl (C=O) groups excluding carboxylic acids is 3. The number of alkyl carbamates (subject to hydrolysis) is 1. The third-order valence-electron chi connectivity index (χ3n) is 7.20. The number of ether oxygens (including phenoxy) is 2. The van der Waals surface area contributed by atoms with Gasteiger partial charge in [-0.05, 0) is 56.9 Å². The number of esters is 1. The van der Waals surface area contributed by atoms with E-state index in [9.17, 15) is 19.2 Å². The lowest BCUT2D eigenvalue weighted by Crippen LogP contribution is -2.43. The second-order valence-corrected chi connectivity index (χ2v) is 12.1. The number of hydrogen-bond donors (Lipinski definition) is 2. The van der Waals surface area contributed by atoms with Crippen LogP contribution in [0.15, 0.2) is 75.9 Å². The first-order valence-corrected chi connectivity index (χ1v) is 15.0. The fraction of sp³-hybridized carbons (Fsp3) is 0.343. The molecule has 0 saturated carbocycles. The number of amides is 1. The number of aromatic nitrogens is 1. The van der Waals surface area contributed by atoms with Gasteiger partial charge in [0.1, 0.15) is 12.2 Å². The van der Waals surface area contributed by atoms with E-state index in [4.69, 9.17) is 19.6 Å². The molecule has 11 nitrogen and oxygen atoms in total. The van der Waals surface area contributed by atoms with Crippen LogP contribution in [0.1, 0.15) is 60.7 Å². The van der Waals surface area contributed by atoms with Crippen LogP contribution >= 0.6 is 0 Å². The molecule has 0 aliphatic carbocycles. The van der Waals surface area contributed by atoms with Crippen molar-refractivity contribution >= 4 is 40.5 Å². The monoisotopic (exact) mass is 628 g/mol. The highest BCUT2D eigenvalue weighted by atomic mass is 16.6. The van der Waals surface area contributed by atoms with Gasteiger partial charge in [0.05, 0.1) is 16.9 Å². The van der Waals surface area contributed by atoms with Gasteiger partial charge in [-0.25, -0.2) is 9.59 Å². The number of nitrogens with one attached hydrogen (secondary N) is 1. The number of carbonyl (C=O) groups is 3. The van der Waals surface area contributed by atoms with Gasteiger partial charge in [0.15, 0.2) is 5.78 Å². The minimum absolute atomic E-state index is 0.0210. The molecule has 242 valence electrons. The van der Waals surface area contributed by atoms with Crippen molar-refractivity contribution in [2.24, 2.45) is 0 Å². The van der Waals surface area contributed by atoms with Gasteiger partial charge in [-0.2, -0.15) is 4.98 Å². The summed E-state index contributed by atoms with van der Waals surface area (Å²) in [6.45, 7) is 7.41. The van der Waals surface area contributed by atoms with Crippen LogP contribution in [0.5, 0.6) is 0 Å². The number of nitrogens with zero attached hydrogens (tertiary/aromatic N) is 2. The van der Waals surface area contributed by atoms with Gasteiger partial charge >= 0.3 is 17.7 Å². The first-order chi connectivity index (χ1) is 21.8. The van der Waals surface area contributed by atoms with Crippen molar-refractivity contribution in [1.29, 1.82) is 0 Å². The number of nitrogens with two attached hydrogens (primary N) is 1. The molecule has 46 heavy (non-hydrogen) atoms. The maximum Gasteiger partial charge on any atom is 0.408 e. The van der Waals surface area contributed by atoms with Crippen molar-refractivity contribution in [3.05, 3.63) is 99.4 Å². The molecule has 0 saturated heterocycles. The summed E-state index contributed by atoms with van der Waals surface area (Å²) < 4.78 is 16.3. The number of nitrogen functional groups attached to an aromatic ring is 1. The summed E-state index contributed by atoms with van der Waals surface area (Å²) in [6.07, 6.45) is 0.0273. The highest BCUT2D eigenvalue weighted by molar-refractivity contribution is 6.09. The van der Waals surface area contributed by atoms with Crippen LogP contribution in [-0.4, -0.2) is 48.1 Å². The van der Waals surface area contributed by atoms with Crippen LogP contribution in [0, 0.1) is 6.92 Å². The van der Waals surface area contributed by atoms with E-state index in [1.165, 1.54) is 6.07 Å². The SMILES string of the molecule is Cc1c(N)c(C(=O)[C@H](Cc2ccccc2)NC(=O)OCc2ccccc2)cc2nc(N(C)CCCC(=O)OC(C)(C)C)oc(=O)c12. The van der Waals surface area contributed by atoms with E-state index in [-0.39, 0.29) is 53.6 Å². The molecule has 4 aromatic rings. The number of hydrogen-bond acceptors (Lipinski definition) is 10. The number of ketones is 1. The standard InChI is InChI=1S/C35H40N4O7/c1-22-29-26(37-33(45-32(29)42)39(5)18-12-17-28(40)46-35(2,3)4)20-25(30(22)36)31(41)27(19-23-13-8-6-9-14-23)38-34(43)44-21-24-15-10-7-11-16-24/h6-11,13-16,20,27H,12,17-19,21,36H2,1-5H3,(H,38,43)/t27-/m0/s1. The number of Topliss-reactive ketones (excluding diaryl/α,β-unsaturated/α-hetero) is 1. The van der Waals surface area contributed by atoms with Crippen LogP contribution in [0.25, 0.3) is 10.9 Å². The van der Waals surface area contributed by atoms with E-state index in [0.29, 0.717) is 18.5 Å². The molecule has 11 heteroatoms. The normalized spacial score (nSPS) is 11.9. The zero-order valence-corrected chi connectivity index (χ0v) is 26.8. The molecule has 0 aliphatic heterocycles. The molecular formula is C35H40N4O7. The van der Waals surface area contributed by atoms with Crippen molar-refractivity contribution in [2.75, 3.05) is 24.2 Å². The Balaban J connectivity index is 1.59. The first-order valence-electron chi connectivity index (χ1n) is 15.0. The van der Waals surface area contributed by atoms with Crippen molar-refractivity contribution in [3.8, 4) is 0 Å². The van der Waals surface area contributed by atoms with E-state index in [1.807, 2.05) is 60.7 Å². The number of aryl methyl sites for hydroxylation is 1. The molecular weight excluding hydrogens is 588 g/mol. The summed E-state index contributed by atoms with van der Waals surface area (Å²) in [7, 11) is 1.68. The number of fused-ring (bicyclic) bond motifs is 1. The number of benzene rings is 3. The van der Waals surface area contributed by atoms with E-state index in [1.54, 1.807) is 39.6 Å². The van der Waals surface area contributed by atoms with Crippen molar-refractivity contribution in [1.82, 2.24) is 10.3 Å². The summed E-state index contributed by atoms with van der Waals surface area (Å²) in [6, 6.07) is 18.9. The molecule has 0 bridgehead atoms. The molecule has 3 aromatic carbocycles. The predicted octanol–water partition coefficient (Wildman–Crippen LogP) is 5.36. The van der Waals surface area contributed by atoms with Crippen molar-refractivity contribution < 1.29 is 28.3 Å². The molecule has 1 atom stereocenters. The number of anilines is 2. The first kappa shape index (κ1) is 33.7. The summed E-state index contributed by atoms with van der Waals surface area (Å²) in [5.74, 6) is -0.795. The Morgan fingerprint density at radius 1 is 1.02 bits per heavy atom. The molecule has 0 unspecified atom stereocenters. The summed E-state index contributed by atoms with van der Waals surface area (Å²) in [5.41, 5.74) is 7.54. The largest absolute Gasteiger partial charge is 0.460 e. The maximum absolute atomic E-state index is 14.0. The van der Waals surface area contributed by atoms with Gasteiger partial charge < -0.3 is 29.8 Å². The molecule has 1 amide bonds. The fourth-order valence-electron chi connectivity index (χ4n) is 4.89. The Morgan fingerprint density at radius 3 is 2.28 bits per heavy atom. The Morgan fingerprint density at radius 2 is 1.65 bits per heavy atom. The molecule has 1 heterocycles. The molecule has 4 rings (SSSR count). The predicted molar refractivity (Wildman–Crippen MR) is 176 cm³/mol. The van der Waals surface area contributed by atoms with Crippen LogP contribution < -0.4 is 21.6 Å². The lowest BCUT2D eigenvalue weighted by molar-refractivity contribution is -0.154. The Hall–Kier alpha value is -5.19.